The monoisotopic (exact) mass is 239 g/mol. The highest BCUT2D eigenvalue weighted by Gasteiger charge is 2.28. The maximum Gasteiger partial charge on any atom is 0.187 e. The van der Waals surface area contributed by atoms with Crippen LogP contribution in [0.25, 0.3) is 0 Å². The molecule has 1 fully saturated rings. The zero-order valence-corrected chi connectivity index (χ0v) is 10.5. The van der Waals surface area contributed by atoms with Gasteiger partial charge in [-0.3, -0.25) is 0 Å². The van der Waals surface area contributed by atoms with E-state index in [1.54, 1.807) is 0 Å². The minimum atomic E-state index is -0.295. The Kier molecular flexibility index (Phi) is 3.57. The van der Waals surface area contributed by atoms with Crippen LogP contribution in [0.1, 0.15) is 26.5 Å². The van der Waals surface area contributed by atoms with E-state index < -0.39 is 0 Å². The molecule has 0 saturated carbocycles. The molecule has 2 rings (SSSR count). The molecule has 0 bridgehead atoms. The van der Waals surface area contributed by atoms with E-state index in [0.29, 0.717) is 31.1 Å². The SMILES string of the molecule is CCc1ncnc(N2CCOC(C)C2C)c1F. The minimum Gasteiger partial charge on any atom is -0.375 e. The van der Waals surface area contributed by atoms with Crippen molar-refractivity contribution in [3.63, 3.8) is 0 Å². The fourth-order valence-corrected chi connectivity index (χ4v) is 2.07. The molecule has 1 saturated heterocycles. The Balaban J connectivity index is 2.33. The zero-order chi connectivity index (χ0) is 12.4. The van der Waals surface area contributed by atoms with Gasteiger partial charge in [0.05, 0.1) is 24.4 Å². The Morgan fingerprint density at radius 2 is 2.24 bits per heavy atom. The highest BCUT2D eigenvalue weighted by atomic mass is 19.1. The number of hydrogen-bond acceptors (Lipinski definition) is 4. The number of ether oxygens (including phenoxy) is 1. The normalized spacial score (nSPS) is 25.1. The second-order valence-electron chi connectivity index (χ2n) is 4.32. The van der Waals surface area contributed by atoms with Crippen LogP contribution in [0.3, 0.4) is 0 Å². The number of morpholine rings is 1. The van der Waals surface area contributed by atoms with E-state index in [2.05, 4.69) is 9.97 Å². The predicted molar refractivity (Wildman–Crippen MR) is 63.6 cm³/mol. The van der Waals surface area contributed by atoms with Crippen molar-refractivity contribution in [1.82, 2.24) is 9.97 Å². The molecule has 94 valence electrons. The Bertz CT molecular complexity index is 399. The van der Waals surface area contributed by atoms with Gasteiger partial charge in [0, 0.05) is 6.54 Å². The summed E-state index contributed by atoms with van der Waals surface area (Å²) in [6.07, 6.45) is 2.10. The molecule has 5 heteroatoms. The predicted octanol–water partition coefficient (Wildman–Crippen LogP) is 1.79. The fourth-order valence-electron chi connectivity index (χ4n) is 2.07. The fraction of sp³-hybridized carbons (Fsp3) is 0.667. The van der Waals surface area contributed by atoms with Gasteiger partial charge in [0.1, 0.15) is 6.33 Å². The number of hydrogen-bond donors (Lipinski definition) is 0. The molecular formula is C12H18FN3O. The summed E-state index contributed by atoms with van der Waals surface area (Å²) in [4.78, 5) is 9.99. The molecule has 4 nitrogen and oxygen atoms in total. The third-order valence-corrected chi connectivity index (χ3v) is 3.33. The average molecular weight is 239 g/mol. The summed E-state index contributed by atoms with van der Waals surface area (Å²) < 4.78 is 19.7. The molecule has 0 aromatic carbocycles. The Morgan fingerprint density at radius 1 is 1.47 bits per heavy atom. The molecule has 2 heterocycles. The van der Waals surface area contributed by atoms with Crippen molar-refractivity contribution in [2.24, 2.45) is 0 Å². The third kappa shape index (κ3) is 2.24. The molecule has 2 unspecified atom stereocenters. The molecule has 2 atom stereocenters. The van der Waals surface area contributed by atoms with Crippen molar-refractivity contribution in [3.8, 4) is 0 Å². The lowest BCUT2D eigenvalue weighted by Gasteiger charge is -2.38. The number of aromatic nitrogens is 2. The number of nitrogens with zero attached hydrogens (tertiary/aromatic N) is 3. The van der Waals surface area contributed by atoms with Gasteiger partial charge < -0.3 is 9.64 Å². The van der Waals surface area contributed by atoms with E-state index >= 15 is 0 Å². The van der Waals surface area contributed by atoms with E-state index in [9.17, 15) is 4.39 Å². The minimum absolute atomic E-state index is 0.0863. The van der Waals surface area contributed by atoms with Gasteiger partial charge in [-0.15, -0.1) is 0 Å². The van der Waals surface area contributed by atoms with Crippen LogP contribution in [-0.4, -0.2) is 35.3 Å². The van der Waals surface area contributed by atoms with Crippen LogP contribution in [0, 0.1) is 5.82 Å². The van der Waals surface area contributed by atoms with Gasteiger partial charge in [0.15, 0.2) is 11.6 Å². The van der Waals surface area contributed by atoms with Gasteiger partial charge >= 0.3 is 0 Å². The van der Waals surface area contributed by atoms with E-state index in [-0.39, 0.29) is 18.0 Å². The average Bonchev–Trinajstić information content (AvgIpc) is 2.33. The van der Waals surface area contributed by atoms with E-state index in [0.717, 1.165) is 0 Å². The van der Waals surface area contributed by atoms with E-state index in [1.807, 2.05) is 25.7 Å². The van der Waals surface area contributed by atoms with Crippen LogP contribution in [0.5, 0.6) is 0 Å². The first-order chi connectivity index (χ1) is 8.15. The van der Waals surface area contributed by atoms with Gasteiger partial charge in [0.2, 0.25) is 0 Å². The number of aryl methyl sites for hydroxylation is 1. The molecule has 1 aromatic heterocycles. The van der Waals surface area contributed by atoms with Crippen LogP contribution >= 0.6 is 0 Å². The van der Waals surface area contributed by atoms with Crippen molar-refractivity contribution in [1.29, 1.82) is 0 Å². The molecule has 1 aliphatic rings. The summed E-state index contributed by atoms with van der Waals surface area (Å²) in [6.45, 7) is 7.19. The largest absolute Gasteiger partial charge is 0.375 e. The van der Waals surface area contributed by atoms with Gasteiger partial charge in [-0.05, 0) is 20.3 Å². The van der Waals surface area contributed by atoms with Crippen molar-refractivity contribution in [2.45, 2.75) is 39.3 Å². The van der Waals surface area contributed by atoms with Gasteiger partial charge in [-0.2, -0.15) is 0 Å². The van der Waals surface area contributed by atoms with Crippen molar-refractivity contribution >= 4 is 5.82 Å². The molecule has 0 radical (unpaired) electrons. The second-order valence-corrected chi connectivity index (χ2v) is 4.32. The van der Waals surface area contributed by atoms with Crippen LogP contribution in [0.4, 0.5) is 10.2 Å². The zero-order valence-electron chi connectivity index (χ0n) is 10.5. The van der Waals surface area contributed by atoms with E-state index in [1.165, 1.54) is 6.33 Å². The quantitative estimate of drug-likeness (QED) is 0.788. The summed E-state index contributed by atoms with van der Waals surface area (Å²) in [5.74, 6) is 0.107. The van der Waals surface area contributed by atoms with Gasteiger partial charge in [-0.25, -0.2) is 14.4 Å². The summed E-state index contributed by atoms with van der Waals surface area (Å²) in [6, 6.07) is 0.123. The number of anilines is 1. The first-order valence-electron chi connectivity index (χ1n) is 6.02. The first-order valence-corrected chi connectivity index (χ1v) is 6.02. The molecule has 17 heavy (non-hydrogen) atoms. The summed E-state index contributed by atoms with van der Waals surface area (Å²) in [5, 5.41) is 0. The highest BCUT2D eigenvalue weighted by molar-refractivity contribution is 5.42. The molecule has 0 spiro atoms. The van der Waals surface area contributed by atoms with Crippen LogP contribution in [0.2, 0.25) is 0 Å². The Hall–Kier alpha value is -1.23. The summed E-state index contributed by atoms with van der Waals surface area (Å²) in [7, 11) is 0. The van der Waals surface area contributed by atoms with Crippen LogP contribution in [-0.2, 0) is 11.2 Å². The van der Waals surface area contributed by atoms with Crippen LogP contribution in [0.15, 0.2) is 6.33 Å². The van der Waals surface area contributed by atoms with Crippen LogP contribution < -0.4 is 4.90 Å². The lowest BCUT2D eigenvalue weighted by Crippen LogP contribution is -2.49. The summed E-state index contributed by atoms with van der Waals surface area (Å²) in [5.41, 5.74) is 0.473. The second kappa shape index (κ2) is 4.96. The van der Waals surface area contributed by atoms with Crippen molar-refractivity contribution in [2.75, 3.05) is 18.1 Å². The molecule has 0 amide bonds. The number of halogens is 1. The van der Waals surface area contributed by atoms with Gasteiger partial charge in [-0.1, -0.05) is 6.92 Å². The molecular weight excluding hydrogens is 221 g/mol. The molecule has 0 N–H and O–H groups in total. The third-order valence-electron chi connectivity index (χ3n) is 3.33. The highest BCUT2D eigenvalue weighted by Crippen LogP contribution is 2.24. The van der Waals surface area contributed by atoms with Crippen molar-refractivity contribution in [3.05, 3.63) is 17.8 Å². The smallest absolute Gasteiger partial charge is 0.187 e. The molecule has 0 aliphatic carbocycles. The topological polar surface area (TPSA) is 38.2 Å². The maximum atomic E-state index is 14.2. The van der Waals surface area contributed by atoms with Gasteiger partial charge in [0.25, 0.3) is 0 Å². The lowest BCUT2D eigenvalue weighted by atomic mass is 10.1. The van der Waals surface area contributed by atoms with E-state index in [4.69, 9.17) is 4.74 Å². The molecule has 1 aromatic rings. The summed E-state index contributed by atoms with van der Waals surface area (Å²) >= 11 is 0. The molecule has 1 aliphatic heterocycles. The Labute approximate surface area is 101 Å². The first kappa shape index (κ1) is 12.2. The standard InChI is InChI=1S/C12H18FN3O/c1-4-10-11(13)12(15-7-14-10)16-5-6-17-9(3)8(16)2/h7-9H,4-6H2,1-3H3. The number of rotatable bonds is 2. The lowest BCUT2D eigenvalue weighted by molar-refractivity contribution is 0.0278. The van der Waals surface area contributed by atoms with Crippen molar-refractivity contribution < 1.29 is 9.13 Å². The Morgan fingerprint density at radius 3 is 2.94 bits per heavy atom. The maximum absolute atomic E-state index is 14.2.